The van der Waals surface area contributed by atoms with Crippen molar-refractivity contribution in [2.75, 3.05) is 13.7 Å². The molecule has 0 radical (unpaired) electrons. The maximum absolute atomic E-state index is 5.19. The molecule has 0 bridgehead atoms. The van der Waals surface area contributed by atoms with Gasteiger partial charge in [-0.1, -0.05) is 6.92 Å². The lowest BCUT2D eigenvalue weighted by molar-refractivity contribution is 0.393. The van der Waals surface area contributed by atoms with E-state index in [1.807, 2.05) is 16.9 Å². The zero-order valence-corrected chi connectivity index (χ0v) is 12.9. The average Bonchev–Trinajstić information content (AvgIpc) is 2.99. The first-order valence-electron chi connectivity index (χ1n) is 7.37. The predicted molar refractivity (Wildman–Crippen MR) is 81.2 cm³/mol. The summed E-state index contributed by atoms with van der Waals surface area (Å²) < 4.78 is 7.12. The fourth-order valence-electron chi connectivity index (χ4n) is 2.18. The Bertz CT molecular complexity index is 555. The summed E-state index contributed by atoms with van der Waals surface area (Å²) >= 11 is 0. The third-order valence-electron chi connectivity index (χ3n) is 3.32. The van der Waals surface area contributed by atoms with Crippen LogP contribution in [-0.4, -0.2) is 33.4 Å². The van der Waals surface area contributed by atoms with Gasteiger partial charge < -0.3 is 10.1 Å². The van der Waals surface area contributed by atoms with Crippen molar-refractivity contribution in [3.63, 3.8) is 0 Å². The molecular formula is C15H23N5O. The maximum atomic E-state index is 5.19. The molecule has 0 aliphatic carbocycles. The van der Waals surface area contributed by atoms with Gasteiger partial charge in [-0.2, -0.15) is 5.10 Å². The minimum atomic E-state index is 0.136. The summed E-state index contributed by atoms with van der Waals surface area (Å²) in [6, 6.07) is 2.02. The Morgan fingerprint density at radius 2 is 2.19 bits per heavy atom. The third-order valence-corrected chi connectivity index (χ3v) is 3.32. The predicted octanol–water partition coefficient (Wildman–Crippen LogP) is 1.98. The van der Waals surface area contributed by atoms with E-state index in [0.29, 0.717) is 5.88 Å². The lowest BCUT2D eigenvalue weighted by atomic mass is 10.1. The van der Waals surface area contributed by atoms with E-state index in [4.69, 9.17) is 4.74 Å². The van der Waals surface area contributed by atoms with Gasteiger partial charge in [-0.3, -0.25) is 4.68 Å². The number of nitrogens with zero attached hydrogens (tertiary/aromatic N) is 4. The second kappa shape index (κ2) is 7.73. The van der Waals surface area contributed by atoms with Crippen molar-refractivity contribution in [2.24, 2.45) is 0 Å². The quantitative estimate of drug-likeness (QED) is 0.805. The van der Waals surface area contributed by atoms with Gasteiger partial charge in [0.15, 0.2) is 0 Å². The number of ether oxygens (including phenoxy) is 1. The van der Waals surface area contributed by atoms with Crippen molar-refractivity contribution in [1.82, 2.24) is 25.1 Å². The lowest BCUT2D eigenvalue weighted by Gasteiger charge is -2.17. The highest BCUT2D eigenvalue weighted by atomic mass is 16.5. The number of methoxy groups -OCH3 is 1. The number of hydrogen-bond acceptors (Lipinski definition) is 5. The fourth-order valence-corrected chi connectivity index (χ4v) is 2.18. The molecule has 2 aromatic heterocycles. The van der Waals surface area contributed by atoms with Crippen LogP contribution in [-0.2, 0) is 13.0 Å². The molecule has 0 spiro atoms. The fraction of sp³-hybridized carbons (Fsp3) is 0.533. The van der Waals surface area contributed by atoms with Crippen molar-refractivity contribution in [3.05, 3.63) is 36.0 Å². The van der Waals surface area contributed by atoms with Gasteiger partial charge >= 0.3 is 0 Å². The van der Waals surface area contributed by atoms with Crippen molar-refractivity contribution >= 4 is 0 Å². The first kappa shape index (κ1) is 15.4. The Kier molecular flexibility index (Phi) is 5.68. The number of hydrogen-bond donors (Lipinski definition) is 1. The highest BCUT2D eigenvalue weighted by molar-refractivity contribution is 5.19. The molecule has 0 aliphatic heterocycles. The summed E-state index contributed by atoms with van der Waals surface area (Å²) in [7, 11) is 1.62. The molecule has 0 aliphatic rings. The zero-order valence-electron chi connectivity index (χ0n) is 12.9. The first-order chi connectivity index (χ1) is 10.3. The van der Waals surface area contributed by atoms with Gasteiger partial charge in [-0.25, -0.2) is 9.97 Å². The summed E-state index contributed by atoms with van der Waals surface area (Å²) in [6.07, 6.45) is 7.47. The van der Waals surface area contributed by atoms with Crippen LogP contribution in [0, 0.1) is 0 Å². The van der Waals surface area contributed by atoms with Crippen molar-refractivity contribution in [1.29, 1.82) is 0 Å². The van der Waals surface area contributed by atoms with Crippen LogP contribution >= 0.6 is 0 Å². The van der Waals surface area contributed by atoms with Gasteiger partial charge in [0.2, 0.25) is 5.88 Å². The minimum absolute atomic E-state index is 0.136. The molecule has 21 heavy (non-hydrogen) atoms. The summed E-state index contributed by atoms with van der Waals surface area (Å²) in [6.45, 7) is 6.06. The van der Waals surface area contributed by atoms with Crippen LogP contribution in [0.25, 0.3) is 0 Å². The van der Waals surface area contributed by atoms with Gasteiger partial charge in [0, 0.05) is 18.8 Å². The molecule has 2 rings (SSSR count). The standard InChI is InChI=1S/C15H23N5O/c1-4-6-16-13(7-12-9-19-20(5-2)10-12)14-8-15(21-3)18-11-17-14/h8-11,13,16H,4-7H2,1-3H3. The molecule has 114 valence electrons. The van der Waals surface area contributed by atoms with Gasteiger partial charge in [0.05, 0.1) is 25.0 Å². The molecule has 6 nitrogen and oxygen atoms in total. The van der Waals surface area contributed by atoms with E-state index in [0.717, 1.165) is 31.6 Å². The average molecular weight is 289 g/mol. The molecule has 2 aromatic rings. The van der Waals surface area contributed by atoms with Crippen molar-refractivity contribution in [2.45, 2.75) is 39.3 Å². The molecule has 0 amide bonds. The number of rotatable bonds is 8. The van der Waals surface area contributed by atoms with Crippen molar-refractivity contribution < 1.29 is 4.74 Å². The van der Waals surface area contributed by atoms with E-state index < -0.39 is 0 Å². The van der Waals surface area contributed by atoms with Gasteiger partial charge in [0.25, 0.3) is 0 Å². The Balaban J connectivity index is 2.16. The maximum Gasteiger partial charge on any atom is 0.216 e. The molecule has 0 saturated carbocycles. The SMILES string of the molecule is CCCNC(Cc1cnn(CC)c1)c1cc(OC)ncn1. The summed E-state index contributed by atoms with van der Waals surface area (Å²) in [4.78, 5) is 8.45. The highest BCUT2D eigenvalue weighted by Gasteiger charge is 2.15. The molecule has 2 heterocycles. The smallest absolute Gasteiger partial charge is 0.216 e. The number of aryl methyl sites for hydroxylation is 1. The van der Waals surface area contributed by atoms with E-state index in [-0.39, 0.29) is 6.04 Å². The van der Waals surface area contributed by atoms with Crippen LogP contribution in [0.4, 0.5) is 0 Å². The van der Waals surface area contributed by atoms with Crippen LogP contribution in [0.3, 0.4) is 0 Å². The second-order valence-electron chi connectivity index (χ2n) is 4.90. The number of aromatic nitrogens is 4. The molecule has 6 heteroatoms. The van der Waals surface area contributed by atoms with E-state index in [1.54, 1.807) is 13.4 Å². The number of nitrogens with one attached hydrogen (secondary N) is 1. The molecule has 0 aromatic carbocycles. The molecule has 0 saturated heterocycles. The Morgan fingerprint density at radius 3 is 2.86 bits per heavy atom. The van der Waals surface area contributed by atoms with Gasteiger partial charge in [-0.05, 0) is 31.9 Å². The summed E-state index contributed by atoms with van der Waals surface area (Å²) in [5, 5.41) is 7.86. The van der Waals surface area contributed by atoms with Gasteiger partial charge in [-0.15, -0.1) is 0 Å². The van der Waals surface area contributed by atoms with E-state index >= 15 is 0 Å². The van der Waals surface area contributed by atoms with E-state index in [2.05, 4.69) is 40.4 Å². The first-order valence-corrected chi connectivity index (χ1v) is 7.37. The normalized spacial score (nSPS) is 12.3. The molecule has 1 N–H and O–H groups in total. The zero-order chi connectivity index (χ0) is 15.1. The lowest BCUT2D eigenvalue weighted by Crippen LogP contribution is -2.25. The van der Waals surface area contributed by atoms with Crippen LogP contribution < -0.4 is 10.1 Å². The topological polar surface area (TPSA) is 64.9 Å². The largest absolute Gasteiger partial charge is 0.481 e. The van der Waals surface area contributed by atoms with Crippen LogP contribution in [0.2, 0.25) is 0 Å². The van der Waals surface area contributed by atoms with E-state index in [1.165, 1.54) is 5.56 Å². The van der Waals surface area contributed by atoms with Crippen LogP contribution in [0.1, 0.15) is 37.6 Å². The highest BCUT2D eigenvalue weighted by Crippen LogP contribution is 2.19. The third kappa shape index (κ3) is 4.26. The van der Waals surface area contributed by atoms with Crippen LogP contribution in [0.5, 0.6) is 5.88 Å². The Morgan fingerprint density at radius 1 is 1.33 bits per heavy atom. The monoisotopic (exact) mass is 289 g/mol. The Hall–Kier alpha value is -1.95. The second-order valence-corrected chi connectivity index (χ2v) is 4.90. The molecule has 1 unspecified atom stereocenters. The molecular weight excluding hydrogens is 266 g/mol. The van der Waals surface area contributed by atoms with Crippen LogP contribution in [0.15, 0.2) is 24.8 Å². The molecule has 1 atom stereocenters. The Labute approximate surface area is 125 Å². The summed E-state index contributed by atoms with van der Waals surface area (Å²) in [5.41, 5.74) is 2.14. The van der Waals surface area contributed by atoms with Gasteiger partial charge in [0.1, 0.15) is 6.33 Å². The summed E-state index contributed by atoms with van der Waals surface area (Å²) in [5.74, 6) is 0.590. The van der Waals surface area contributed by atoms with E-state index in [9.17, 15) is 0 Å². The molecule has 0 fully saturated rings. The van der Waals surface area contributed by atoms with Crippen molar-refractivity contribution in [3.8, 4) is 5.88 Å². The minimum Gasteiger partial charge on any atom is -0.481 e.